The van der Waals surface area contributed by atoms with E-state index >= 15 is 0 Å². The van der Waals surface area contributed by atoms with Gasteiger partial charge in [-0.3, -0.25) is 9.52 Å². The van der Waals surface area contributed by atoms with Crippen LogP contribution in [0, 0.1) is 20.8 Å². The number of carbonyl (C=O) groups is 1. The number of sulfonamides is 1. The van der Waals surface area contributed by atoms with Crippen LogP contribution < -0.4 is 9.62 Å². The second-order valence-electron chi connectivity index (χ2n) is 8.12. The number of nitrogens with one attached hydrogen (secondary N) is 1. The highest BCUT2D eigenvalue weighted by atomic mass is 32.2. The molecule has 1 aliphatic rings. The van der Waals surface area contributed by atoms with Gasteiger partial charge in [-0.2, -0.15) is 0 Å². The molecule has 0 spiro atoms. The first-order valence-electron chi connectivity index (χ1n) is 10.3. The van der Waals surface area contributed by atoms with Crippen LogP contribution in [0.3, 0.4) is 0 Å². The van der Waals surface area contributed by atoms with E-state index in [4.69, 9.17) is 0 Å². The van der Waals surface area contributed by atoms with E-state index in [-0.39, 0.29) is 10.8 Å². The fourth-order valence-corrected chi connectivity index (χ4v) is 5.36. The van der Waals surface area contributed by atoms with Crippen LogP contribution >= 0.6 is 0 Å². The van der Waals surface area contributed by atoms with Crippen LogP contribution in [0.5, 0.6) is 0 Å². The Kier molecular flexibility index (Phi) is 5.58. The molecule has 0 saturated carbocycles. The first kappa shape index (κ1) is 21.1. The lowest BCUT2D eigenvalue weighted by Crippen LogP contribution is -2.34. The monoisotopic (exact) mass is 434 g/mol. The molecule has 0 radical (unpaired) electrons. The third-order valence-corrected chi connectivity index (χ3v) is 7.32. The average molecular weight is 435 g/mol. The topological polar surface area (TPSA) is 66.5 Å². The Morgan fingerprint density at radius 1 is 0.871 bits per heavy atom. The molecule has 0 bridgehead atoms. The Balaban J connectivity index is 1.62. The number of anilines is 2. The molecule has 160 valence electrons. The maximum atomic E-state index is 13.0. The Morgan fingerprint density at radius 3 is 2.32 bits per heavy atom. The standard InChI is InChI=1S/C25H26N2O3S/c1-17-13-19(3)24(14-18(17)2)31(29,30)26-22-10-11-23-21(15-22)9-12-25(28)27(23)16-20-7-5-4-6-8-20/h4-8,10-11,13-15,26H,9,12,16H2,1-3H3. The normalized spacial score (nSPS) is 13.8. The third kappa shape index (κ3) is 4.35. The van der Waals surface area contributed by atoms with Crippen molar-refractivity contribution in [1.29, 1.82) is 0 Å². The van der Waals surface area contributed by atoms with E-state index in [9.17, 15) is 13.2 Å². The molecule has 4 rings (SSSR count). The quantitative estimate of drug-likeness (QED) is 0.622. The summed E-state index contributed by atoms with van der Waals surface area (Å²) in [5.41, 5.74) is 6.08. The van der Waals surface area contributed by atoms with Gasteiger partial charge in [-0.05, 0) is 79.3 Å². The number of fused-ring (bicyclic) bond motifs is 1. The molecular weight excluding hydrogens is 408 g/mol. The number of carbonyl (C=O) groups excluding carboxylic acids is 1. The molecule has 0 aromatic heterocycles. The molecule has 0 aliphatic carbocycles. The van der Waals surface area contributed by atoms with Crippen LogP contribution in [0.25, 0.3) is 0 Å². The van der Waals surface area contributed by atoms with Gasteiger partial charge in [-0.15, -0.1) is 0 Å². The molecule has 6 heteroatoms. The van der Waals surface area contributed by atoms with E-state index in [2.05, 4.69) is 4.72 Å². The molecule has 5 nitrogen and oxygen atoms in total. The van der Waals surface area contributed by atoms with Gasteiger partial charge in [0.1, 0.15) is 0 Å². The van der Waals surface area contributed by atoms with Crippen LogP contribution in [0.15, 0.2) is 65.6 Å². The fourth-order valence-electron chi connectivity index (χ4n) is 4.00. The van der Waals surface area contributed by atoms with Crippen molar-refractivity contribution in [2.75, 3.05) is 9.62 Å². The lowest BCUT2D eigenvalue weighted by molar-refractivity contribution is -0.119. The number of benzene rings is 3. The summed E-state index contributed by atoms with van der Waals surface area (Å²) in [5, 5.41) is 0. The predicted molar refractivity (Wildman–Crippen MR) is 124 cm³/mol. The van der Waals surface area contributed by atoms with E-state index < -0.39 is 10.0 Å². The Morgan fingerprint density at radius 2 is 1.58 bits per heavy atom. The van der Waals surface area contributed by atoms with Gasteiger partial charge in [0.05, 0.1) is 11.4 Å². The summed E-state index contributed by atoms with van der Waals surface area (Å²) < 4.78 is 28.8. The highest BCUT2D eigenvalue weighted by Crippen LogP contribution is 2.32. The fraction of sp³-hybridized carbons (Fsp3) is 0.240. The minimum atomic E-state index is -3.71. The van der Waals surface area contributed by atoms with Crippen LogP contribution in [-0.4, -0.2) is 14.3 Å². The van der Waals surface area contributed by atoms with Crippen molar-refractivity contribution in [3.63, 3.8) is 0 Å². The molecular formula is C25H26N2O3S. The summed E-state index contributed by atoms with van der Waals surface area (Å²) in [7, 11) is -3.71. The van der Waals surface area contributed by atoms with Gasteiger partial charge in [0, 0.05) is 17.8 Å². The molecule has 1 N–H and O–H groups in total. The Bertz CT molecular complexity index is 1250. The highest BCUT2D eigenvalue weighted by Gasteiger charge is 2.25. The van der Waals surface area contributed by atoms with Crippen LogP contribution in [0.1, 0.15) is 34.2 Å². The highest BCUT2D eigenvalue weighted by molar-refractivity contribution is 7.92. The second kappa shape index (κ2) is 8.19. The molecule has 3 aromatic rings. The molecule has 0 unspecified atom stereocenters. The van der Waals surface area contributed by atoms with Gasteiger partial charge in [0.2, 0.25) is 5.91 Å². The van der Waals surface area contributed by atoms with Crippen molar-refractivity contribution in [3.05, 3.63) is 88.5 Å². The number of hydrogen-bond donors (Lipinski definition) is 1. The van der Waals surface area contributed by atoms with Crippen LogP contribution in [0.2, 0.25) is 0 Å². The summed E-state index contributed by atoms with van der Waals surface area (Å²) in [6.07, 6.45) is 1.00. The lowest BCUT2D eigenvalue weighted by Gasteiger charge is -2.30. The molecule has 31 heavy (non-hydrogen) atoms. The summed E-state index contributed by atoms with van der Waals surface area (Å²) in [6.45, 7) is 6.18. The maximum absolute atomic E-state index is 13.0. The molecule has 0 atom stereocenters. The number of rotatable bonds is 5. The minimum absolute atomic E-state index is 0.0791. The lowest BCUT2D eigenvalue weighted by atomic mass is 10.00. The molecule has 1 heterocycles. The second-order valence-corrected chi connectivity index (χ2v) is 9.77. The summed E-state index contributed by atoms with van der Waals surface area (Å²) in [4.78, 5) is 14.6. The van der Waals surface area contributed by atoms with Gasteiger partial charge < -0.3 is 4.90 Å². The third-order valence-electron chi connectivity index (χ3n) is 5.80. The minimum Gasteiger partial charge on any atom is -0.308 e. The molecule has 3 aromatic carbocycles. The van der Waals surface area contributed by atoms with E-state index in [0.29, 0.717) is 30.6 Å². The first-order valence-corrected chi connectivity index (χ1v) is 11.8. The number of amides is 1. The number of hydrogen-bond acceptors (Lipinski definition) is 3. The smallest absolute Gasteiger partial charge is 0.262 e. The van der Waals surface area contributed by atoms with Crippen molar-refractivity contribution < 1.29 is 13.2 Å². The van der Waals surface area contributed by atoms with Crippen LogP contribution in [-0.2, 0) is 27.8 Å². The summed E-state index contributed by atoms with van der Waals surface area (Å²) >= 11 is 0. The van der Waals surface area contributed by atoms with Gasteiger partial charge >= 0.3 is 0 Å². The molecule has 1 amide bonds. The number of aryl methyl sites for hydroxylation is 4. The zero-order valence-electron chi connectivity index (χ0n) is 18.0. The summed E-state index contributed by atoms with van der Waals surface area (Å²) in [6, 6.07) is 18.9. The molecule has 0 saturated heterocycles. The van der Waals surface area contributed by atoms with E-state index in [1.807, 2.05) is 62.4 Å². The predicted octanol–water partition coefficient (Wildman–Crippen LogP) is 4.89. The van der Waals surface area contributed by atoms with E-state index in [0.717, 1.165) is 27.9 Å². The summed E-state index contributed by atoms with van der Waals surface area (Å²) in [5.74, 6) is 0.0791. The van der Waals surface area contributed by atoms with Crippen molar-refractivity contribution >= 4 is 27.3 Å². The van der Waals surface area contributed by atoms with Crippen molar-refractivity contribution in [2.24, 2.45) is 0 Å². The van der Waals surface area contributed by atoms with E-state index in [1.54, 1.807) is 24.0 Å². The van der Waals surface area contributed by atoms with Gasteiger partial charge in [-0.25, -0.2) is 8.42 Å². The van der Waals surface area contributed by atoms with Crippen molar-refractivity contribution in [1.82, 2.24) is 0 Å². The maximum Gasteiger partial charge on any atom is 0.262 e. The molecule has 0 fully saturated rings. The van der Waals surface area contributed by atoms with Gasteiger partial charge in [0.25, 0.3) is 10.0 Å². The van der Waals surface area contributed by atoms with E-state index in [1.165, 1.54) is 0 Å². The largest absolute Gasteiger partial charge is 0.308 e. The average Bonchev–Trinajstić information content (AvgIpc) is 2.73. The van der Waals surface area contributed by atoms with Crippen LogP contribution in [0.4, 0.5) is 11.4 Å². The Hall–Kier alpha value is -3.12. The van der Waals surface area contributed by atoms with Crippen molar-refractivity contribution in [3.8, 4) is 0 Å². The first-order chi connectivity index (χ1) is 14.7. The zero-order chi connectivity index (χ0) is 22.2. The molecule has 1 aliphatic heterocycles. The number of nitrogens with zero attached hydrogens (tertiary/aromatic N) is 1. The SMILES string of the molecule is Cc1cc(C)c(S(=O)(=O)Nc2ccc3c(c2)CCC(=O)N3Cc2ccccc2)cc1C. The zero-order valence-corrected chi connectivity index (χ0v) is 18.8. The van der Waals surface area contributed by atoms with Crippen molar-refractivity contribution in [2.45, 2.75) is 45.1 Å². The van der Waals surface area contributed by atoms with Gasteiger partial charge in [-0.1, -0.05) is 36.4 Å². The van der Waals surface area contributed by atoms with Gasteiger partial charge in [0.15, 0.2) is 0 Å². The Labute approximate surface area is 183 Å².